The predicted molar refractivity (Wildman–Crippen MR) is 139 cm³/mol. The van der Waals surface area contributed by atoms with Crippen molar-refractivity contribution in [2.24, 2.45) is 0 Å². The SMILES string of the molecule is Cc1ccn2c(NC3CCCCC3)c(-c3ccc(OC(=O)c4ccc(C)c([N+](=O)[O-])c4)cc3)nc2c1. The molecular weight excluding hydrogens is 456 g/mol. The van der Waals surface area contributed by atoms with Crippen LogP contribution in [0, 0.1) is 24.0 Å². The zero-order chi connectivity index (χ0) is 25.2. The number of carbonyl (C=O) groups is 1. The molecule has 2 aromatic heterocycles. The molecule has 184 valence electrons. The third-order valence-corrected chi connectivity index (χ3v) is 6.71. The number of ether oxygens (including phenoxy) is 1. The number of aryl methyl sites for hydroxylation is 2. The first kappa shape index (κ1) is 23.5. The van der Waals surface area contributed by atoms with Crippen molar-refractivity contribution < 1.29 is 14.5 Å². The lowest BCUT2D eigenvalue weighted by molar-refractivity contribution is -0.385. The standard InChI is InChI=1S/C28H28N4O4/c1-18-14-15-31-25(16-18)30-26(27(31)29-22-6-4-3-5-7-22)20-10-12-23(13-11-20)36-28(33)21-9-8-19(2)24(17-21)32(34)35/h8-17,22,29H,3-7H2,1-2H3. The number of imidazole rings is 1. The third-order valence-electron chi connectivity index (χ3n) is 6.71. The summed E-state index contributed by atoms with van der Waals surface area (Å²) in [7, 11) is 0. The van der Waals surface area contributed by atoms with Gasteiger partial charge in [-0.15, -0.1) is 0 Å². The van der Waals surface area contributed by atoms with Gasteiger partial charge in [-0.2, -0.15) is 0 Å². The van der Waals surface area contributed by atoms with E-state index in [2.05, 4.69) is 21.9 Å². The van der Waals surface area contributed by atoms with Crippen LogP contribution in [-0.4, -0.2) is 26.3 Å². The summed E-state index contributed by atoms with van der Waals surface area (Å²) in [6, 6.07) is 16.1. The van der Waals surface area contributed by atoms with Crippen molar-refractivity contribution in [3.63, 3.8) is 0 Å². The molecule has 0 radical (unpaired) electrons. The van der Waals surface area contributed by atoms with Gasteiger partial charge in [0.2, 0.25) is 0 Å². The molecule has 2 heterocycles. The van der Waals surface area contributed by atoms with Crippen LogP contribution in [0.2, 0.25) is 0 Å². The van der Waals surface area contributed by atoms with Crippen LogP contribution in [0.5, 0.6) is 5.75 Å². The number of nitrogens with one attached hydrogen (secondary N) is 1. The number of esters is 1. The van der Waals surface area contributed by atoms with Gasteiger partial charge in [-0.25, -0.2) is 9.78 Å². The number of rotatable bonds is 6. The summed E-state index contributed by atoms with van der Waals surface area (Å²) >= 11 is 0. The summed E-state index contributed by atoms with van der Waals surface area (Å²) < 4.78 is 7.58. The van der Waals surface area contributed by atoms with Gasteiger partial charge >= 0.3 is 5.97 Å². The van der Waals surface area contributed by atoms with E-state index in [9.17, 15) is 14.9 Å². The molecule has 1 N–H and O–H groups in total. The van der Waals surface area contributed by atoms with Gasteiger partial charge in [-0.05, 0) is 74.7 Å². The summed E-state index contributed by atoms with van der Waals surface area (Å²) in [5.41, 5.74) is 4.27. The molecule has 1 aliphatic carbocycles. The predicted octanol–water partition coefficient (Wildman–Crippen LogP) is 6.49. The lowest BCUT2D eigenvalue weighted by Gasteiger charge is -2.24. The van der Waals surface area contributed by atoms with E-state index in [4.69, 9.17) is 9.72 Å². The van der Waals surface area contributed by atoms with Crippen LogP contribution in [0.4, 0.5) is 11.5 Å². The fourth-order valence-electron chi connectivity index (χ4n) is 4.71. The van der Waals surface area contributed by atoms with Crippen LogP contribution < -0.4 is 10.1 Å². The Hall–Kier alpha value is -4.20. The molecule has 1 fully saturated rings. The Morgan fingerprint density at radius 2 is 1.81 bits per heavy atom. The summed E-state index contributed by atoms with van der Waals surface area (Å²) in [6.45, 7) is 3.68. The molecule has 0 spiro atoms. The number of nitro groups is 1. The number of hydrogen-bond acceptors (Lipinski definition) is 6. The molecular formula is C28H28N4O4. The first-order valence-electron chi connectivity index (χ1n) is 12.2. The Morgan fingerprint density at radius 3 is 2.53 bits per heavy atom. The van der Waals surface area contributed by atoms with Crippen molar-refractivity contribution in [2.75, 3.05) is 5.32 Å². The minimum atomic E-state index is -0.645. The fourth-order valence-corrected chi connectivity index (χ4v) is 4.71. The van der Waals surface area contributed by atoms with E-state index >= 15 is 0 Å². The van der Waals surface area contributed by atoms with Crippen molar-refractivity contribution in [2.45, 2.75) is 52.0 Å². The topological polar surface area (TPSA) is 98.8 Å². The number of hydrogen-bond donors (Lipinski definition) is 1. The number of nitro benzene ring substituents is 1. The zero-order valence-electron chi connectivity index (χ0n) is 20.4. The molecule has 5 rings (SSSR count). The van der Waals surface area contributed by atoms with Gasteiger partial charge in [-0.3, -0.25) is 14.5 Å². The number of aromatic nitrogens is 2. The molecule has 0 amide bonds. The first-order chi connectivity index (χ1) is 17.4. The van der Waals surface area contributed by atoms with Gasteiger partial charge in [0.1, 0.15) is 22.9 Å². The molecule has 36 heavy (non-hydrogen) atoms. The minimum absolute atomic E-state index is 0.111. The van der Waals surface area contributed by atoms with Gasteiger partial charge in [0.15, 0.2) is 0 Å². The van der Waals surface area contributed by atoms with Crippen molar-refractivity contribution in [3.05, 3.63) is 87.6 Å². The highest BCUT2D eigenvalue weighted by atomic mass is 16.6. The van der Waals surface area contributed by atoms with Gasteiger partial charge in [0.05, 0.1) is 10.5 Å². The summed E-state index contributed by atoms with van der Waals surface area (Å²) in [5, 5.41) is 14.9. The molecule has 8 nitrogen and oxygen atoms in total. The second-order valence-corrected chi connectivity index (χ2v) is 9.39. The van der Waals surface area contributed by atoms with Crippen LogP contribution >= 0.6 is 0 Å². The molecule has 0 bridgehead atoms. The molecule has 8 heteroatoms. The summed E-state index contributed by atoms with van der Waals surface area (Å²) in [6.07, 6.45) is 8.08. The average Bonchev–Trinajstić information content (AvgIpc) is 3.22. The molecule has 4 aromatic rings. The summed E-state index contributed by atoms with van der Waals surface area (Å²) in [4.78, 5) is 28.2. The summed E-state index contributed by atoms with van der Waals surface area (Å²) in [5.74, 6) is 0.677. The Bertz CT molecular complexity index is 1440. The van der Waals surface area contributed by atoms with E-state index in [0.717, 1.165) is 41.1 Å². The van der Waals surface area contributed by atoms with Crippen LogP contribution in [0.15, 0.2) is 60.8 Å². The van der Waals surface area contributed by atoms with Crippen LogP contribution in [-0.2, 0) is 0 Å². The normalized spacial score (nSPS) is 14.1. The minimum Gasteiger partial charge on any atom is -0.423 e. The Kier molecular flexibility index (Phi) is 6.41. The maximum absolute atomic E-state index is 12.6. The monoisotopic (exact) mass is 484 g/mol. The Balaban J connectivity index is 1.41. The highest BCUT2D eigenvalue weighted by Gasteiger charge is 2.20. The van der Waals surface area contributed by atoms with Crippen molar-refractivity contribution in [1.82, 2.24) is 9.38 Å². The van der Waals surface area contributed by atoms with Crippen LogP contribution in [0.25, 0.3) is 16.9 Å². The lowest BCUT2D eigenvalue weighted by atomic mass is 9.95. The van der Waals surface area contributed by atoms with Crippen molar-refractivity contribution in [1.29, 1.82) is 0 Å². The van der Waals surface area contributed by atoms with Crippen LogP contribution in [0.3, 0.4) is 0 Å². The van der Waals surface area contributed by atoms with Crippen molar-refractivity contribution in [3.8, 4) is 17.0 Å². The first-order valence-corrected chi connectivity index (χ1v) is 12.2. The van der Waals surface area contributed by atoms with E-state index in [1.807, 2.05) is 25.3 Å². The number of fused-ring (bicyclic) bond motifs is 1. The highest BCUT2D eigenvalue weighted by molar-refractivity contribution is 5.92. The Morgan fingerprint density at radius 1 is 1.06 bits per heavy atom. The molecule has 0 atom stereocenters. The number of nitrogens with zero attached hydrogens (tertiary/aromatic N) is 3. The quantitative estimate of drug-likeness (QED) is 0.145. The maximum Gasteiger partial charge on any atom is 0.343 e. The van der Waals surface area contributed by atoms with Crippen LogP contribution in [0.1, 0.15) is 53.6 Å². The molecule has 0 unspecified atom stereocenters. The molecule has 0 saturated heterocycles. The molecule has 2 aromatic carbocycles. The van der Waals surface area contributed by atoms with Gasteiger partial charge in [0, 0.05) is 29.4 Å². The van der Waals surface area contributed by atoms with E-state index in [1.165, 1.54) is 31.4 Å². The zero-order valence-corrected chi connectivity index (χ0v) is 20.4. The van der Waals surface area contributed by atoms with E-state index < -0.39 is 10.9 Å². The Labute approximate surface area is 209 Å². The smallest absolute Gasteiger partial charge is 0.343 e. The molecule has 1 aliphatic rings. The fraction of sp³-hybridized carbons (Fsp3) is 0.286. The second kappa shape index (κ2) is 9.81. The molecule has 0 aliphatic heterocycles. The van der Waals surface area contributed by atoms with Gasteiger partial charge < -0.3 is 10.1 Å². The van der Waals surface area contributed by atoms with Crippen molar-refractivity contribution >= 4 is 23.1 Å². The number of benzene rings is 2. The van der Waals surface area contributed by atoms with Gasteiger partial charge in [0.25, 0.3) is 5.69 Å². The van der Waals surface area contributed by atoms with E-state index in [-0.39, 0.29) is 11.3 Å². The van der Waals surface area contributed by atoms with E-state index in [1.54, 1.807) is 25.1 Å². The average molecular weight is 485 g/mol. The largest absolute Gasteiger partial charge is 0.423 e. The molecule has 1 saturated carbocycles. The maximum atomic E-state index is 12.6. The second-order valence-electron chi connectivity index (χ2n) is 9.39. The van der Waals surface area contributed by atoms with E-state index in [0.29, 0.717) is 17.4 Å². The lowest BCUT2D eigenvalue weighted by Crippen LogP contribution is -2.23. The number of carbonyl (C=O) groups excluding carboxylic acids is 1. The third kappa shape index (κ3) is 4.79. The number of anilines is 1. The van der Waals surface area contributed by atoms with Gasteiger partial charge in [-0.1, -0.05) is 25.3 Å². The highest BCUT2D eigenvalue weighted by Crippen LogP contribution is 2.33. The number of pyridine rings is 1.